The zero-order chi connectivity index (χ0) is 35.0. The molecule has 3 amide bonds. The van der Waals surface area contributed by atoms with Gasteiger partial charge in [-0.1, -0.05) is 39.2 Å². The Hall–Kier alpha value is -4.00. The van der Waals surface area contributed by atoms with Gasteiger partial charge in [-0.25, -0.2) is 4.39 Å². The van der Waals surface area contributed by atoms with Gasteiger partial charge in [0.1, 0.15) is 17.6 Å². The Kier molecular flexibility index (Phi) is 12.6. The molecule has 0 spiro atoms. The van der Waals surface area contributed by atoms with Gasteiger partial charge in [0, 0.05) is 57.1 Å². The number of methoxy groups -OCH3 is 1. The number of benzene rings is 1. The number of hydrogen-bond donors (Lipinski definition) is 2. The number of halogens is 3. The summed E-state index contributed by atoms with van der Waals surface area (Å²) in [5.41, 5.74) is -0.377. The molecule has 0 unspecified atom stereocenters. The van der Waals surface area contributed by atoms with Gasteiger partial charge in [0.25, 0.3) is 0 Å². The number of hydrogen-bond acceptors (Lipinski definition) is 7. The molecule has 262 valence electrons. The SMILES string of the molecule is CCC(=O)N[C@@H](C(=O)N1CCN(C)CC1)[C@@H](C)c1ccc(NC(=O)[C@@H](CC(=O)C(F)(F)c2cncc(OC)c2)C2CCCCC2)c(F)c1. The highest BCUT2D eigenvalue weighted by Crippen LogP contribution is 2.38. The Morgan fingerprint density at radius 3 is 2.35 bits per heavy atom. The van der Waals surface area contributed by atoms with Crippen LogP contribution in [0.4, 0.5) is 18.9 Å². The minimum Gasteiger partial charge on any atom is -0.495 e. The second-order valence-electron chi connectivity index (χ2n) is 12.9. The quantitative estimate of drug-likeness (QED) is 0.311. The molecule has 1 saturated heterocycles. The Bertz CT molecular complexity index is 1460. The van der Waals surface area contributed by atoms with Gasteiger partial charge in [-0.15, -0.1) is 0 Å². The molecular formula is C35H46F3N5O5. The van der Waals surface area contributed by atoms with Crippen LogP contribution < -0.4 is 15.4 Å². The van der Waals surface area contributed by atoms with Crippen molar-refractivity contribution in [2.45, 2.75) is 76.7 Å². The summed E-state index contributed by atoms with van der Waals surface area (Å²) in [6, 6.07) is 4.23. The maximum atomic E-state index is 15.6. The van der Waals surface area contributed by atoms with Gasteiger partial charge in [-0.05, 0) is 49.6 Å². The van der Waals surface area contributed by atoms with E-state index >= 15 is 13.2 Å². The summed E-state index contributed by atoms with van der Waals surface area (Å²) in [6.07, 6.45) is 5.28. The number of likely N-dealkylation sites (N-methyl/N-ethyl adjacent to an activating group) is 1. The highest BCUT2D eigenvalue weighted by molar-refractivity contribution is 5.97. The molecule has 1 aliphatic carbocycles. The van der Waals surface area contributed by atoms with Crippen molar-refractivity contribution in [3.8, 4) is 5.75 Å². The third-order valence-electron chi connectivity index (χ3n) is 9.62. The summed E-state index contributed by atoms with van der Waals surface area (Å²) in [7, 11) is 3.27. The van der Waals surface area contributed by atoms with E-state index in [2.05, 4.69) is 20.5 Å². The van der Waals surface area contributed by atoms with Crippen molar-refractivity contribution < 1.29 is 37.1 Å². The van der Waals surface area contributed by atoms with Crippen LogP contribution in [0.2, 0.25) is 0 Å². The van der Waals surface area contributed by atoms with Crippen molar-refractivity contribution in [1.82, 2.24) is 20.1 Å². The molecule has 1 aliphatic heterocycles. The van der Waals surface area contributed by atoms with Crippen LogP contribution in [0.3, 0.4) is 0 Å². The number of nitrogens with zero attached hydrogens (tertiary/aromatic N) is 3. The molecule has 1 saturated carbocycles. The van der Waals surface area contributed by atoms with Crippen LogP contribution in [0.5, 0.6) is 5.75 Å². The third-order valence-corrected chi connectivity index (χ3v) is 9.62. The summed E-state index contributed by atoms with van der Waals surface area (Å²) in [4.78, 5) is 60.2. The predicted molar refractivity (Wildman–Crippen MR) is 174 cm³/mol. The Morgan fingerprint density at radius 1 is 1.04 bits per heavy atom. The van der Waals surface area contributed by atoms with Crippen molar-refractivity contribution in [3.05, 3.63) is 53.6 Å². The fraction of sp³-hybridized carbons (Fsp3) is 0.571. The smallest absolute Gasteiger partial charge is 0.332 e. The number of amides is 3. The van der Waals surface area contributed by atoms with Crippen molar-refractivity contribution in [2.24, 2.45) is 11.8 Å². The molecule has 1 aromatic carbocycles. The summed E-state index contributed by atoms with van der Waals surface area (Å²) in [5.74, 6) is -9.38. The first kappa shape index (κ1) is 36.8. The van der Waals surface area contributed by atoms with Gasteiger partial charge in [0.15, 0.2) is 0 Å². The number of Topliss-reactive ketones (excluding diaryl/α,β-unsaturated/α-hetero) is 1. The van der Waals surface area contributed by atoms with Gasteiger partial charge in [0.2, 0.25) is 23.5 Å². The largest absolute Gasteiger partial charge is 0.495 e. The molecule has 2 heterocycles. The third kappa shape index (κ3) is 8.91. The van der Waals surface area contributed by atoms with E-state index in [0.717, 1.165) is 31.5 Å². The van der Waals surface area contributed by atoms with Crippen molar-refractivity contribution in [1.29, 1.82) is 0 Å². The fourth-order valence-electron chi connectivity index (χ4n) is 6.43. The lowest BCUT2D eigenvalue weighted by atomic mass is 9.76. The van der Waals surface area contributed by atoms with E-state index in [0.29, 0.717) is 44.6 Å². The highest BCUT2D eigenvalue weighted by Gasteiger charge is 2.44. The molecule has 1 aromatic heterocycles. The second-order valence-corrected chi connectivity index (χ2v) is 12.9. The number of pyridine rings is 1. The Morgan fingerprint density at radius 2 is 1.73 bits per heavy atom. The summed E-state index contributed by atoms with van der Waals surface area (Å²) < 4.78 is 51.3. The lowest BCUT2D eigenvalue weighted by Crippen LogP contribution is -2.55. The number of anilines is 1. The molecule has 3 atom stereocenters. The van der Waals surface area contributed by atoms with E-state index in [1.807, 2.05) is 7.05 Å². The molecule has 48 heavy (non-hydrogen) atoms. The molecule has 10 nitrogen and oxygen atoms in total. The number of ketones is 1. The summed E-state index contributed by atoms with van der Waals surface area (Å²) >= 11 is 0. The maximum Gasteiger partial charge on any atom is 0.332 e. The molecule has 13 heteroatoms. The molecule has 0 bridgehead atoms. The van der Waals surface area contributed by atoms with E-state index in [1.54, 1.807) is 24.8 Å². The minimum atomic E-state index is -3.91. The number of rotatable bonds is 13. The van der Waals surface area contributed by atoms with Gasteiger partial charge in [-0.3, -0.25) is 24.2 Å². The molecular weight excluding hydrogens is 627 g/mol. The van der Waals surface area contributed by atoms with Crippen LogP contribution in [-0.4, -0.2) is 84.7 Å². The second kappa shape index (κ2) is 16.4. The highest BCUT2D eigenvalue weighted by atomic mass is 19.3. The van der Waals surface area contributed by atoms with Gasteiger partial charge >= 0.3 is 5.92 Å². The van der Waals surface area contributed by atoms with Crippen LogP contribution in [0.15, 0.2) is 36.7 Å². The molecule has 2 aromatic rings. The first-order chi connectivity index (χ1) is 22.8. The average Bonchev–Trinajstić information content (AvgIpc) is 3.10. The van der Waals surface area contributed by atoms with E-state index in [-0.39, 0.29) is 35.6 Å². The van der Waals surface area contributed by atoms with E-state index in [1.165, 1.54) is 25.4 Å². The fourth-order valence-corrected chi connectivity index (χ4v) is 6.43. The molecule has 4 rings (SSSR count). The summed E-state index contributed by atoms with van der Waals surface area (Å²) in [6.45, 7) is 5.81. The van der Waals surface area contributed by atoms with Crippen molar-refractivity contribution in [3.63, 3.8) is 0 Å². The Labute approximate surface area is 279 Å². The van der Waals surface area contributed by atoms with Gasteiger partial charge in [-0.2, -0.15) is 8.78 Å². The van der Waals surface area contributed by atoms with Crippen LogP contribution in [0.1, 0.15) is 75.8 Å². The average molecular weight is 674 g/mol. The first-order valence-electron chi connectivity index (χ1n) is 16.6. The molecule has 0 radical (unpaired) electrons. The Balaban J connectivity index is 1.53. The normalized spacial score (nSPS) is 18.0. The molecule has 2 aliphatic rings. The van der Waals surface area contributed by atoms with Gasteiger partial charge in [0.05, 0.1) is 24.6 Å². The monoisotopic (exact) mass is 673 g/mol. The number of aromatic nitrogens is 1. The van der Waals surface area contributed by atoms with E-state index in [9.17, 15) is 19.2 Å². The standard InChI is InChI=1S/C35H46F3N5O5/c1-5-31(45)41-32(34(47)43-15-13-42(3)14-16-43)22(2)24-11-12-29(28(36)17-24)40-33(46)27(23-9-7-6-8-10-23)19-30(44)35(37,38)25-18-26(48-4)21-39-20-25/h11-12,17-18,20-23,27,32H,5-10,13-16,19H2,1-4H3,(H,40,46)(H,41,45)/t22-,27-,32+/m0/s1. The van der Waals surface area contributed by atoms with Crippen LogP contribution >= 0.6 is 0 Å². The summed E-state index contributed by atoms with van der Waals surface area (Å²) in [5, 5.41) is 5.34. The zero-order valence-corrected chi connectivity index (χ0v) is 28.1. The van der Waals surface area contributed by atoms with Crippen molar-refractivity contribution in [2.75, 3.05) is 45.7 Å². The lowest BCUT2D eigenvalue weighted by molar-refractivity contribution is -0.147. The molecule has 2 fully saturated rings. The number of alkyl halides is 2. The van der Waals surface area contributed by atoms with E-state index < -0.39 is 53.3 Å². The lowest BCUT2D eigenvalue weighted by Gasteiger charge is -2.36. The van der Waals surface area contributed by atoms with Crippen LogP contribution in [0, 0.1) is 17.7 Å². The van der Waals surface area contributed by atoms with E-state index in [4.69, 9.17) is 4.74 Å². The number of piperazine rings is 1. The number of nitrogens with one attached hydrogen (secondary N) is 2. The zero-order valence-electron chi connectivity index (χ0n) is 28.1. The predicted octanol–water partition coefficient (Wildman–Crippen LogP) is 4.89. The number of ether oxygens (including phenoxy) is 1. The maximum absolute atomic E-state index is 15.6. The number of carbonyl (C=O) groups is 4. The molecule has 2 N–H and O–H groups in total. The van der Waals surface area contributed by atoms with Crippen LogP contribution in [0.25, 0.3) is 0 Å². The van der Waals surface area contributed by atoms with Crippen LogP contribution in [-0.2, 0) is 25.1 Å². The van der Waals surface area contributed by atoms with Crippen molar-refractivity contribution >= 4 is 29.2 Å². The number of carbonyl (C=O) groups excluding carboxylic acids is 4. The first-order valence-corrected chi connectivity index (χ1v) is 16.6. The minimum absolute atomic E-state index is 0.0672. The van der Waals surface area contributed by atoms with Gasteiger partial charge < -0.3 is 25.2 Å². The topological polar surface area (TPSA) is 121 Å².